The number of carbonyl (C=O) groups excluding carboxylic acids is 1. The van der Waals surface area contributed by atoms with Crippen molar-refractivity contribution in [3.8, 4) is 39.5 Å². The molecule has 0 N–H and O–H groups in total. The molecule has 0 fully saturated rings. The molecule has 0 spiro atoms. The van der Waals surface area contributed by atoms with E-state index in [2.05, 4.69) is 0 Å². The van der Waals surface area contributed by atoms with E-state index in [9.17, 15) is 22.4 Å². The van der Waals surface area contributed by atoms with Crippen molar-refractivity contribution in [2.24, 2.45) is 0 Å². The first-order chi connectivity index (χ1) is 17.3. The van der Waals surface area contributed by atoms with E-state index in [1.54, 1.807) is 31.2 Å². The Morgan fingerprint density at radius 2 is 1.19 bits per heavy atom. The molecule has 0 saturated carbocycles. The lowest BCUT2D eigenvalue weighted by Gasteiger charge is -2.11. The third-order valence-corrected chi connectivity index (χ3v) is 5.43. The van der Waals surface area contributed by atoms with Crippen molar-refractivity contribution in [3.05, 3.63) is 102 Å². The number of hydrogen-bond donors (Lipinski definition) is 0. The number of carbonyl (C=O) groups is 1. The highest BCUT2D eigenvalue weighted by atomic mass is 19.2. The molecule has 4 rings (SSSR count). The predicted octanol–water partition coefficient (Wildman–Crippen LogP) is 7.20. The van der Waals surface area contributed by atoms with E-state index < -0.39 is 34.8 Å². The van der Waals surface area contributed by atoms with E-state index in [0.717, 1.165) is 6.07 Å². The van der Waals surface area contributed by atoms with Gasteiger partial charge in [0.05, 0.1) is 19.3 Å². The van der Waals surface area contributed by atoms with Crippen LogP contribution in [0.15, 0.2) is 72.8 Å². The molecule has 184 valence electrons. The Balaban J connectivity index is 1.53. The fourth-order valence-corrected chi connectivity index (χ4v) is 3.59. The SMILES string of the molecule is CCOc1ccc(-c2ccc(OC(=O)c3ccc(-c4ccc(OC)cc4)c(F)c3F)cc2)c(F)c1F. The molecule has 36 heavy (non-hydrogen) atoms. The zero-order valence-corrected chi connectivity index (χ0v) is 19.3. The summed E-state index contributed by atoms with van der Waals surface area (Å²) in [5.74, 6) is -5.48. The van der Waals surface area contributed by atoms with Crippen LogP contribution in [0.1, 0.15) is 17.3 Å². The van der Waals surface area contributed by atoms with Gasteiger partial charge in [-0.15, -0.1) is 0 Å². The largest absolute Gasteiger partial charge is 0.497 e. The van der Waals surface area contributed by atoms with Crippen molar-refractivity contribution in [2.45, 2.75) is 6.92 Å². The highest BCUT2D eigenvalue weighted by Crippen LogP contribution is 2.32. The lowest BCUT2D eigenvalue weighted by atomic mass is 10.0. The van der Waals surface area contributed by atoms with Gasteiger partial charge in [0.1, 0.15) is 11.5 Å². The molecule has 0 radical (unpaired) electrons. The first-order valence-electron chi connectivity index (χ1n) is 10.9. The second kappa shape index (κ2) is 10.5. The topological polar surface area (TPSA) is 44.8 Å². The molecule has 8 heteroatoms. The summed E-state index contributed by atoms with van der Waals surface area (Å²) < 4.78 is 73.3. The van der Waals surface area contributed by atoms with E-state index in [0.29, 0.717) is 16.9 Å². The van der Waals surface area contributed by atoms with Gasteiger partial charge in [0, 0.05) is 11.1 Å². The Kier molecular flexibility index (Phi) is 7.24. The molecule has 0 aliphatic carbocycles. The van der Waals surface area contributed by atoms with E-state index in [-0.39, 0.29) is 29.2 Å². The maximum absolute atomic E-state index is 14.7. The molecule has 0 amide bonds. The Morgan fingerprint density at radius 3 is 1.75 bits per heavy atom. The average Bonchev–Trinajstić information content (AvgIpc) is 2.89. The molecule has 0 saturated heterocycles. The molecule has 0 bridgehead atoms. The van der Waals surface area contributed by atoms with Gasteiger partial charge in [0.25, 0.3) is 0 Å². The number of ether oxygens (including phenoxy) is 3. The van der Waals surface area contributed by atoms with Crippen molar-refractivity contribution in [2.75, 3.05) is 13.7 Å². The second-order valence-electron chi connectivity index (χ2n) is 7.60. The lowest BCUT2D eigenvalue weighted by molar-refractivity contribution is 0.0728. The number of esters is 1. The smallest absolute Gasteiger partial charge is 0.346 e. The summed E-state index contributed by atoms with van der Waals surface area (Å²) in [5, 5.41) is 0. The zero-order chi connectivity index (χ0) is 25.8. The van der Waals surface area contributed by atoms with Crippen LogP contribution < -0.4 is 14.2 Å². The number of methoxy groups -OCH3 is 1. The molecule has 4 nitrogen and oxygen atoms in total. The predicted molar refractivity (Wildman–Crippen MR) is 126 cm³/mol. The number of benzene rings is 4. The summed E-state index contributed by atoms with van der Waals surface area (Å²) in [5.41, 5.74) is 0.0844. The van der Waals surface area contributed by atoms with Crippen LogP contribution in [0.25, 0.3) is 22.3 Å². The molecule has 0 unspecified atom stereocenters. The summed E-state index contributed by atoms with van der Waals surface area (Å²) in [6.07, 6.45) is 0. The van der Waals surface area contributed by atoms with E-state index in [1.807, 2.05) is 0 Å². The molecule has 0 atom stereocenters. The first kappa shape index (κ1) is 24.8. The van der Waals surface area contributed by atoms with Crippen molar-refractivity contribution in [1.29, 1.82) is 0 Å². The Labute approximate surface area is 204 Å². The minimum Gasteiger partial charge on any atom is -0.497 e. The Bertz CT molecular complexity index is 1400. The maximum atomic E-state index is 14.7. The van der Waals surface area contributed by atoms with Crippen molar-refractivity contribution in [1.82, 2.24) is 0 Å². The number of hydrogen-bond acceptors (Lipinski definition) is 4. The second-order valence-corrected chi connectivity index (χ2v) is 7.60. The van der Waals surface area contributed by atoms with Crippen molar-refractivity contribution >= 4 is 5.97 Å². The first-order valence-corrected chi connectivity index (χ1v) is 10.9. The fourth-order valence-electron chi connectivity index (χ4n) is 3.59. The fraction of sp³-hybridized carbons (Fsp3) is 0.107. The van der Waals surface area contributed by atoms with Gasteiger partial charge < -0.3 is 14.2 Å². The van der Waals surface area contributed by atoms with Gasteiger partial charge in [0.2, 0.25) is 5.82 Å². The van der Waals surface area contributed by atoms with Gasteiger partial charge in [-0.25, -0.2) is 18.0 Å². The minimum atomic E-state index is -1.35. The molecule has 4 aromatic carbocycles. The summed E-state index contributed by atoms with van der Waals surface area (Å²) in [6.45, 7) is 1.84. The van der Waals surface area contributed by atoms with Crippen LogP contribution in [0.5, 0.6) is 17.2 Å². The summed E-state index contributed by atoms with van der Waals surface area (Å²) in [4.78, 5) is 12.5. The normalized spacial score (nSPS) is 10.7. The molecule has 0 heterocycles. The van der Waals surface area contributed by atoms with Gasteiger partial charge in [-0.3, -0.25) is 0 Å². The quantitative estimate of drug-likeness (QED) is 0.154. The van der Waals surface area contributed by atoms with Gasteiger partial charge in [-0.05, 0) is 60.5 Å². The lowest BCUT2D eigenvalue weighted by Crippen LogP contribution is -2.12. The molecule has 4 aromatic rings. The minimum absolute atomic E-state index is 0.00889. The molecule has 0 aliphatic heterocycles. The van der Waals surface area contributed by atoms with Crippen molar-refractivity contribution < 1.29 is 36.6 Å². The highest BCUT2D eigenvalue weighted by molar-refractivity contribution is 5.92. The standard InChI is InChI=1S/C28H20F4O4/c1-3-35-23-15-14-21(25(30)27(23)32)17-6-10-19(11-7-17)36-28(33)22-13-12-20(24(29)26(22)31)16-4-8-18(34-2)9-5-16/h4-15H,3H2,1-2H3. The average molecular weight is 496 g/mol. The van der Waals surface area contributed by atoms with Crippen LogP contribution in [0.4, 0.5) is 17.6 Å². The van der Waals surface area contributed by atoms with Crippen LogP contribution in [-0.2, 0) is 0 Å². The van der Waals surface area contributed by atoms with Crippen LogP contribution in [0, 0.1) is 23.3 Å². The Morgan fingerprint density at radius 1 is 0.667 bits per heavy atom. The molecular weight excluding hydrogens is 476 g/mol. The van der Waals surface area contributed by atoms with Crippen LogP contribution in [-0.4, -0.2) is 19.7 Å². The molecule has 0 aromatic heterocycles. The third kappa shape index (κ3) is 4.88. The van der Waals surface area contributed by atoms with Crippen molar-refractivity contribution in [3.63, 3.8) is 0 Å². The number of halogens is 4. The van der Waals surface area contributed by atoms with Gasteiger partial charge >= 0.3 is 5.97 Å². The zero-order valence-electron chi connectivity index (χ0n) is 19.3. The van der Waals surface area contributed by atoms with E-state index in [4.69, 9.17) is 14.2 Å². The van der Waals surface area contributed by atoms with E-state index >= 15 is 0 Å². The Hall–Kier alpha value is -4.33. The highest BCUT2D eigenvalue weighted by Gasteiger charge is 2.21. The molecular formula is C28H20F4O4. The summed E-state index contributed by atoms with van der Waals surface area (Å²) in [7, 11) is 1.49. The summed E-state index contributed by atoms with van der Waals surface area (Å²) >= 11 is 0. The molecule has 0 aliphatic rings. The van der Waals surface area contributed by atoms with Gasteiger partial charge in [-0.1, -0.05) is 30.3 Å². The number of rotatable bonds is 7. The monoisotopic (exact) mass is 496 g/mol. The maximum Gasteiger partial charge on any atom is 0.346 e. The third-order valence-electron chi connectivity index (χ3n) is 5.43. The van der Waals surface area contributed by atoms with E-state index in [1.165, 1.54) is 49.6 Å². The van der Waals surface area contributed by atoms with Gasteiger partial charge in [-0.2, -0.15) is 4.39 Å². The summed E-state index contributed by atoms with van der Waals surface area (Å²) in [6, 6.07) is 16.9. The van der Waals surface area contributed by atoms with Crippen LogP contribution in [0.2, 0.25) is 0 Å². The van der Waals surface area contributed by atoms with Crippen LogP contribution in [0.3, 0.4) is 0 Å². The van der Waals surface area contributed by atoms with Crippen LogP contribution >= 0.6 is 0 Å². The van der Waals surface area contributed by atoms with Gasteiger partial charge in [0.15, 0.2) is 23.2 Å².